The van der Waals surface area contributed by atoms with Crippen molar-refractivity contribution in [2.75, 3.05) is 10.6 Å². The lowest BCUT2D eigenvalue weighted by molar-refractivity contribution is -0.121. The van der Waals surface area contributed by atoms with E-state index < -0.39 is 0 Å². The number of nitrogens with zero attached hydrogens (tertiary/aromatic N) is 1. The summed E-state index contributed by atoms with van der Waals surface area (Å²) in [5.74, 6) is 0.265. The normalized spacial score (nSPS) is 20.1. The third-order valence-corrected chi connectivity index (χ3v) is 9.05. The van der Waals surface area contributed by atoms with Crippen molar-refractivity contribution >= 4 is 55.0 Å². The summed E-state index contributed by atoms with van der Waals surface area (Å²) in [5.41, 5.74) is 2.92. The molecule has 0 radical (unpaired) electrons. The van der Waals surface area contributed by atoms with E-state index in [2.05, 4.69) is 63.4 Å². The number of carbonyl (C=O) groups excluding carboxylic acids is 2. The Kier molecular flexibility index (Phi) is 7.38. The van der Waals surface area contributed by atoms with Gasteiger partial charge in [0.05, 0.1) is 10.2 Å². The predicted molar refractivity (Wildman–Crippen MR) is 155 cm³/mol. The molecule has 2 atom stereocenters. The molecule has 6 rings (SSSR count). The molecule has 2 aliphatic carbocycles. The van der Waals surface area contributed by atoms with Gasteiger partial charge >= 0.3 is 0 Å². The highest BCUT2D eigenvalue weighted by Crippen LogP contribution is 2.32. The summed E-state index contributed by atoms with van der Waals surface area (Å²) < 4.78 is 0.961. The number of benzene rings is 3. The first-order valence-corrected chi connectivity index (χ1v) is 14.7. The first-order valence-electron chi connectivity index (χ1n) is 13.8. The van der Waals surface area contributed by atoms with Crippen molar-refractivity contribution in [3.63, 3.8) is 0 Å². The summed E-state index contributed by atoms with van der Waals surface area (Å²) in [6, 6.07) is 21.1. The summed E-state index contributed by atoms with van der Waals surface area (Å²) >= 11 is 1.46. The minimum Gasteiger partial charge on any atom is -0.326 e. The van der Waals surface area contributed by atoms with E-state index in [-0.39, 0.29) is 23.7 Å². The second-order valence-electron chi connectivity index (χ2n) is 10.7. The SMILES string of the molecule is O=C(Nc1nc2ccc(NC(=O)[C@@H]3CCC[C@H](NCc4cccc5ccccc45)C3)cc2s1)C1CCCC1. The van der Waals surface area contributed by atoms with Crippen LogP contribution in [0, 0.1) is 11.8 Å². The van der Waals surface area contributed by atoms with Gasteiger partial charge in [0, 0.05) is 30.1 Å². The topological polar surface area (TPSA) is 83.1 Å². The standard InChI is InChI=1S/C31H34N4O2S/c36-29(21-8-1-2-9-21)35-31-34-27-16-15-25(18-28(27)38-31)33-30(37)22-11-6-13-24(17-22)32-19-23-12-5-10-20-7-3-4-14-26(20)23/h3-5,7,10,12,14-16,18,21-22,24,32H,1-2,6,8-9,11,13,17,19H2,(H,33,37)(H,34,35,36)/t22-,24+/m1/s1. The zero-order valence-corrected chi connectivity index (χ0v) is 22.4. The van der Waals surface area contributed by atoms with Crippen LogP contribution in [-0.2, 0) is 16.1 Å². The molecule has 4 aromatic rings. The van der Waals surface area contributed by atoms with Crippen molar-refractivity contribution in [3.8, 4) is 0 Å². The van der Waals surface area contributed by atoms with Gasteiger partial charge in [0.25, 0.3) is 0 Å². The van der Waals surface area contributed by atoms with E-state index in [0.29, 0.717) is 11.2 Å². The van der Waals surface area contributed by atoms with Crippen LogP contribution in [0.5, 0.6) is 0 Å². The van der Waals surface area contributed by atoms with Crippen LogP contribution in [0.15, 0.2) is 60.7 Å². The van der Waals surface area contributed by atoms with E-state index in [1.54, 1.807) is 0 Å². The Morgan fingerprint density at radius 3 is 2.53 bits per heavy atom. The molecular formula is C31H34N4O2S. The summed E-state index contributed by atoms with van der Waals surface area (Å²) in [4.78, 5) is 30.2. The fourth-order valence-electron chi connectivity index (χ4n) is 6.01. The Bertz CT molecular complexity index is 1450. The number of anilines is 2. The number of aromatic nitrogens is 1. The molecule has 38 heavy (non-hydrogen) atoms. The zero-order chi connectivity index (χ0) is 25.9. The van der Waals surface area contributed by atoms with Gasteiger partial charge in [0.1, 0.15) is 0 Å². The number of amides is 2. The molecule has 0 aliphatic heterocycles. The molecule has 196 valence electrons. The maximum Gasteiger partial charge on any atom is 0.229 e. The molecular weight excluding hydrogens is 492 g/mol. The van der Waals surface area contributed by atoms with Crippen LogP contribution < -0.4 is 16.0 Å². The number of hydrogen-bond donors (Lipinski definition) is 3. The Labute approximate surface area is 227 Å². The number of thiazole rings is 1. The molecule has 0 bridgehead atoms. The molecule has 2 saturated carbocycles. The highest BCUT2D eigenvalue weighted by molar-refractivity contribution is 7.22. The van der Waals surface area contributed by atoms with Gasteiger partial charge < -0.3 is 16.0 Å². The summed E-state index contributed by atoms with van der Waals surface area (Å²) in [5, 5.41) is 13.0. The first kappa shape index (κ1) is 25.0. The third kappa shape index (κ3) is 5.59. The van der Waals surface area contributed by atoms with Crippen LogP contribution >= 0.6 is 11.3 Å². The van der Waals surface area contributed by atoms with E-state index in [9.17, 15) is 9.59 Å². The second-order valence-corrected chi connectivity index (χ2v) is 11.8. The predicted octanol–water partition coefficient (Wildman–Crippen LogP) is 6.87. The van der Waals surface area contributed by atoms with E-state index in [1.165, 1.54) is 27.7 Å². The van der Waals surface area contributed by atoms with Gasteiger partial charge in [0.2, 0.25) is 11.8 Å². The molecule has 1 aromatic heterocycles. The van der Waals surface area contributed by atoms with Gasteiger partial charge in [-0.05, 0) is 66.6 Å². The van der Waals surface area contributed by atoms with Crippen molar-refractivity contribution in [1.82, 2.24) is 10.3 Å². The van der Waals surface area contributed by atoms with Crippen LogP contribution in [0.25, 0.3) is 21.0 Å². The van der Waals surface area contributed by atoms with Crippen LogP contribution in [-0.4, -0.2) is 22.8 Å². The Balaban J connectivity index is 1.05. The number of hydrogen-bond acceptors (Lipinski definition) is 5. The lowest BCUT2D eigenvalue weighted by atomic mass is 9.85. The van der Waals surface area contributed by atoms with E-state index in [0.717, 1.165) is 73.8 Å². The van der Waals surface area contributed by atoms with E-state index >= 15 is 0 Å². The molecule has 1 heterocycles. The zero-order valence-electron chi connectivity index (χ0n) is 21.5. The number of nitrogens with one attached hydrogen (secondary N) is 3. The Morgan fingerprint density at radius 1 is 0.842 bits per heavy atom. The van der Waals surface area contributed by atoms with Gasteiger partial charge in [0.15, 0.2) is 5.13 Å². The highest BCUT2D eigenvalue weighted by Gasteiger charge is 2.27. The summed E-state index contributed by atoms with van der Waals surface area (Å²) in [7, 11) is 0. The van der Waals surface area contributed by atoms with Crippen molar-refractivity contribution in [3.05, 3.63) is 66.2 Å². The van der Waals surface area contributed by atoms with Gasteiger partial charge in [-0.15, -0.1) is 0 Å². The first-order chi connectivity index (χ1) is 18.6. The monoisotopic (exact) mass is 526 g/mol. The summed E-state index contributed by atoms with van der Waals surface area (Å²) in [6.07, 6.45) is 8.09. The Morgan fingerprint density at radius 2 is 1.63 bits per heavy atom. The molecule has 2 fully saturated rings. The fourth-order valence-corrected chi connectivity index (χ4v) is 6.92. The van der Waals surface area contributed by atoms with Crippen molar-refractivity contribution in [2.45, 2.75) is 64.0 Å². The molecule has 3 aromatic carbocycles. The molecule has 0 unspecified atom stereocenters. The van der Waals surface area contributed by atoms with Gasteiger partial charge in [-0.25, -0.2) is 4.98 Å². The number of rotatable bonds is 7. The van der Waals surface area contributed by atoms with Crippen molar-refractivity contribution in [1.29, 1.82) is 0 Å². The highest BCUT2D eigenvalue weighted by atomic mass is 32.1. The lowest BCUT2D eigenvalue weighted by Crippen LogP contribution is -2.37. The average Bonchev–Trinajstić information content (AvgIpc) is 3.62. The minimum atomic E-state index is -0.00724. The maximum absolute atomic E-state index is 13.2. The quantitative estimate of drug-likeness (QED) is 0.246. The van der Waals surface area contributed by atoms with Gasteiger partial charge in [-0.1, -0.05) is 73.1 Å². The van der Waals surface area contributed by atoms with E-state index in [4.69, 9.17) is 0 Å². The molecule has 0 spiro atoms. The second kappa shape index (κ2) is 11.2. The van der Waals surface area contributed by atoms with Crippen molar-refractivity contribution < 1.29 is 9.59 Å². The van der Waals surface area contributed by atoms with Gasteiger partial charge in [-0.2, -0.15) is 0 Å². The fraction of sp³-hybridized carbons (Fsp3) is 0.387. The Hall–Kier alpha value is -3.29. The van der Waals surface area contributed by atoms with Gasteiger partial charge in [-0.3, -0.25) is 9.59 Å². The minimum absolute atomic E-state index is 0.00724. The van der Waals surface area contributed by atoms with E-state index in [1.807, 2.05) is 18.2 Å². The molecule has 6 nitrogen and oxygen atoms in total. The largest absolute Gasteiger partial charge is 0.326 e. The van der Waals surface area contributed by atoms with Crippen LogP contribution in [0.1, 0.15) is 56.9 Å². The smallest absolute Gasteiger partial charge is 0.229 e. The summed E-state index contributed by atoms with van der Waals surface area (Å²) in [6.45, 7) is 0.808. The molecule has 3 N–H and O–H groups in total. The lowest BCUT2D eigenvalue weighted by Gasteiger charge is -2.29. The molecule has 0 saturated heterocycles. The van der Waals surface area contributed by atoms with Crippen LogP contribution in [0.2, 0.25) is 0 Å². The molecule has 2 aliphatic rings. The van der Waals surface area contributed by atoms with Crippen LogP contribution in [0.3, 0.4) is 0 Å². The average molecular weight is 527 g/mol. The van der Waals surface area contributed by atoms with Crippen LogP contribution in [0.4, 0.5) is 10.8 Å². The maximum atomic E-state index is 13.2. The third-order valence-electron chi connectivity index (χ3n) is 8.12. The van der Waals surface area contributed by atoms with Crippen molar-refractivity contribution in [2.24, 2.45) is 11.8 Å². The number of carbonyl (C=O) groups is 2. The molecule has 2 amide bonds. The number of fused-ring (bicyclic) bond motifs is 2. The molecule has 7 heteroatoms.